The van der Waals surface area contributed by atoms with Gasteiger partial charge in [0.15, 0.2) is 11.2 Å². The summed E-state index contributed by atoms with van der Waals surface area (Å²) in [5, 5.41) is 10.4. The smallest absolute Gasteiger partial charge is 0.341 e. The molecular formula is C21H21NO4. The summed E-state index contributed by atoms with van der Waals surface area (Å²) in [6, 6.07) is 7.47. The summed E-state index contributed by atoms with van der Waals surface area (Å²) in [5.41, 5.74) is 2.78. The molecule has 3 aromatic rings. The van der Waals surface area contributed by atoms with Crippen LogP contribution in [-0.4, -0.2) is 15.6 Å². The van der Waals surface area contributed by atoms with Gasteiger partial charge in [0.25, 0.3) is 0 Å². The second kappa shape index (κ2) is 5.34. The van der Waals surface area contributed by atoms with E-state index in [1.165, 1.54) is 12.3 Å². The number of aromatic carboxylic acids is 1. The molecule has 1 unspecified atom stereocenters. The molecule has 1 aliphatic heterocycles. The zero-order chi connectivity index (χ0) is 18.8. The van der Waals surface area contributed by atoms with E-state index in [0.717, 1.165) is 28.5 Å². The molecule has 5 heteroatoms. The maximum atomic E-state index is 12.3. The Labute approximate surface area is 150 Å². The highest BCUT2D eigenvalue weighted by Gasteiger charge is 2.36. The predicted octanol–water partition coefficient (Wildman–Crippen LogP) is 4.41. The molecule has 0 saturated heterocycles. The molecular weight excluding hydrogens is 330 g/mol. The number of benzene rings is 1. The van der Waals surface area contributed by atoms with Gasteiger partial charge in [-0.15, -0.1) is 0 Å². The summed E-state index contributed by atoms with van der Waals surface area (Å²) in [7, 11) is 0. The highest BCUT2D eigenvalue weighted by atomic mass is 16.4. The first-order valence-corrected chi connectivity index (χ1v) is 8.69. The molecule has 1 N–H and O–H groups in total. The van der Waals surface area contributed by atoms with E-state index in [-0.39, 0.29) is 17.0 Å². The van der Waals surface area contributed by atoms with Crippen molar-refractivity contribution < 1.29 is 14.3 Å². The predicted molar refractivity (Wildman–Crippen MR) is 99.8 cm³/mol. The van der Waals surface area contributed by atoms with Crippen LogP contribution in [0.25, 0.3) is 22.4 Å². The number of carboxylic acids is 1. The lowest BCUT2D eigenvalue weighted by Crippen LogP contribution is -2.32. The summed E-state index contributed by atoms with van der Waals surface area (Å²) in [5.74, 6) is -0.534. The van der Waals surface area contributed by atoms with E-state index in [2.05, 4.69) is 20.8 Å². The van der Waals surface area contributed by atoms with Gasteiger partial charge < -0.3 is 14.1 Å². The average molecular weight is 351 g/mol. The topological polar surface area (TPSA) is 72.4 Å². The highest BCUT2D eigenvalue weighted by molar-refractivity contribution is 5.91. The number of fused-ring (bicyclic) bond motifs is 5. The number of nitrogens with zero attached hydrogens (tertiary/aromatic N) is 1. The van der Waals surface area contributed by atoms with E-state index in [1.54, 1.807) is 0 Å². The highest BCUT2D eigenvalue weighted by Crippen LogP contribution is 2.46. The Bertz CT molecular complexity index is 1110. The van der Waals surface area contributed by atoms with Gasteiger partial charge in [0, 0.05) is 29.3 Å². The number of furan rings is 1. The molecule has 26 heavy (non-hydrogen) atoms. The molecule has 4 rings (SSSR count). The molecule has 134 valence electrons. The van der Waals surface area contributed by atoms with Crippen LogP contribution in [0.5, 0.6) is 0 Å². The van der Waals surface area contributed by atoms with Crippen LogP contribution in [-0.2, 0) is 6.42 Å². The average Bonchev–Trinajstić information content (AvgIpc) is 2.93. The summed E-state index contributed by atoms with van der Waals surface area (Å²) < 4.78 is 8.06. The maximum Gasteiger partial charge on any atom is 0.341 e. The fraction of sp³-hybridized carbons (Fsp3) is 0.333. The molecule has 1 aliphatic rings. The van der Waals surface area contributed by atoms with Gasteiger partial charge in [0.2, 0.25) is 0 Å². The molecule has 1 aromatic carbocycles. The third-order valence-electron chi connectivity index (χ3n) is 5.29. The van der Waals surface area contributed by atoms with E-state index in [9.17, 15) is 14.7 Å². The lowest BCUT2D eigenvalue weighted by atomic mass is 9.79. The van der Waals surface area contributed by atoms with Crippen molar-refractivity contribution in [3.8, 4) is 11.5 Å². The van der Waals surface area contributed by atoms with Crippen LogP contribution in [0, 0.1) is 12.3 Å². The van der Waals surface area contributed by atoms with Crippen molar-refractivity contribution >= 4 is 16.9 Å². The van der Waals surface area contributed by atoms with E-state index in [1.807, 2.05) is 29.7 Å². The van der Waals surface area contributed by atoms with Crippen molar-refractivity contribution in [2.75, 3.05) is 0 Å². The van der Waals surface area contributed by atoms with Crippen LogP contribution in [0.4, 0.5) is 0 Å². The zero-order valence-electron chi connectivity index (χ0n) is 15.3. The van der Waals surface area contributed by atoms with Crippen LogP contribution in [0.1, 0.15) is 48.3 Å². The van der Waals surface area contributed by atoms with E-state index in [4.69, 9.17) is 4.42 Å². The SMILES string of the molecule is Cc1cccc2c3c(oc12)-c1cc(=O)c(C(=O)O)cn1C(C(C)(C)C)C3. The first-order chi connectivity index (χ1) is 12.2. The van der Waals surface area contributed by atoms with Gasteiger partial charge in [-0.3, -0.25) is 4.79 Å². The first kappa shape index (κ1) is 16.6. The van der Waals surface area contributed by atoms with Crippen LogP contribution in [0.15, 0.2) is 39.7 Å². The number of aromatic nitrogens is 1. The molecule has 0 bridgehead atoms. The third-order valence-corrected chi connectivity index (χ3v) is 5.29. The van der Waals surface area contributed by atoms with Gasteiger partial charge in [-0.1, -0.05) is 39.0 Å². The number of aryl methyl sites for hydroxylation is 1. The number of carbonyl (C=O) groups is 1. The Morgan fingerprint density at radius 2 is 2.04 bits per heavy atom. The number of hydrogen-bond donors (Lipinski definition) is 1. The van der Waals surface area contributed by atoms with Gasteiger partial charge in [-0.25, -0.2) is 4.79 Å². The van der Waals surface area contributed by atoms with Gasteiger partial charge in [0.1, 0.15) is 11.1 Å². The van der Waals surface area contributed by atoms with E-state index < -0.39 is 11.4 Å². The Kier molecular flexibility index (Phi) is 3.41. The summed E-state index contributed by atoms with van der Waals surface area (Å²) >= 11 is 0. The van der Waals surface area contributed by atoms with Crippen LogP contribution < -0.4 is 5.43 Å². The second-order valence-electron chi connectivity index (χ2n) is 8.10. The summed E-state index contributed by atoms with van der Waals surface area (Å²) in [6.45, 7) is 8.37. The molecule has 0 spiro atoms. The number of carboxylic acid groups (broad SMARTS) is 1. The zero-order valence-corrected chi connectivity index (χ0v) is 15.3. The minimum atomic E-state index is -1.20. The van der Waals surface area contributed by atoms with Crippen molar-refractivity contribution in [2.24, 2.45) is 5.41 Å². The standard InChI is InChI=1S/C21H21NO4/c1-11-6-5-7-12-13-8-17(21(2,3)4)22-10-14(20(24)25)16(23)9-15(22)19(13)26-18(11)12/h5-7,9-10,17H,8H2,1-4H3,(H,24,25). The lowest BCUT2D eigenvalue weighted by molar-refractivity contribution is 0.0693. The Morgan fingerprint density at radius 1 is 1.31 bits per heavy atom. The second-order valence-corrected chi connectivity index (χ2v) is 8.10. The van der Waals surface area contributed by atoms with Gasteiger partial charge in [-0.2, -0.15) is 0 Å². The lowest BCUT2D eigenvalue weighted by Gasteiger charge is -2.37. The number of rotatable bonds is 1. The Hall–Kier alpha value is -2.82. The number of para-hydroxylation sites is 1. The monoisotopic (exact) mass is 351 g/mol. The fourth-order valence-corrected chi connectivity index (χ4v) is 3.89. The van der Waals surface area contributed by atoms with Crippen molar-refractivity contribution in [3.63, 3.8) is 0 Å². The molecule has 0 saturated carbocycles. The van der Waals surface area contributed by atoms with E-state index >= 15 is 0 Å². The quantitative estimate of drug-likeness (QED) is 0.705. The summed E-state index contributed by atoms with van der Waals surface area (Å²) in [6.07, 6.45) is 2.20. The van der Waals surface area contributed by atoms with Crippen LogP contribution >= 0.6 is 0 Å². The van der Waals surface area contributed by atoms with Crippen molar-refractivity contribution in [1.82, 2.24) is 4.57 Å². The Morgan fingerprint density at radius 3 is 2.69 bits per heavy atom. The van der Waals surface area contributed by atoms with Crippen molar-refractivity contribution in [2.45, 2.75) is 40.2 Å². The normalized spacial score (nSPS) is 16.4. The molecule has 0 radical (unpaired) electrons. The van der Waals surface area contributed by atoms with Gasteiger partial charge in [-0.05, 0) is 24.3 Å². The molecule has 0 aliphatic carbocycles. The Balaban J connectivity index is 2.09. The minimum Gasteiger partial charge on any atom is -0.477 e. The fourth-order valence-electron chi connectivity index (χ4n) is 3.89. The summed E-state index contributed by atoms with van der Waals surface area (Å²) in [4.78, 5) is 23.8. The maximum absolute atomic E-state index is 12.3. The molecule has 3 heterocycles. The molecule has 2 aromatic heterocycles. The van der Waals surface area contributed by atoms with Crippen molar-refractivity contribution in [1.29, 1.82) is 0 Å². The number of hydrogen-bond acceptors (Lipinski definition) is 3. The van der Waals surface area contributed by atoms with E-state index in [0.29, 0.717) is 11.5 Å². The minimum absolute atomic E-state index is 0.0185. The van der Waals surface area contributed by atoms with Gasteiger partial charge >= 0.3 is 5.97 Å². The molecule has 1 atom stereocenters. The molecule has 0 fully saturated rings. The third kappa shape index (κ3) is 2.30. The number of pyridine rings is 1. The van der Waals surface area contributed by atoms with Crippen LogP contribution in [0.2, 0.25) is 0 Å². The van der Waals surface area contributed by atoms with Gasteiger partial charge in [0.05, 0.1) is 5.69 Å². The first-order valence-electron chi connectivity index (χ1n) is 8.69. The molecule has 5 nitrogen and oxygen atoms in total. The van der Waals surface area contributed by atoms with Crippen LogP contribution in [0.3, 0.4) is 0 Å². The van der Waals surface area contributed by atoms with Crippen molar-refractivity contribution in [3.05, 3.63) is 57.4 Å². The molecule has 0 amide bonds. The largest absolute Gasteiger partial charge is 0.477 e.